The third kappa shape index (κ3) is 30.6. The van der Waals surface area contributed by atoms with Crippen molar-refractivity contribution in [3.05, 3.63) is 0 Å². The summed E-state index contributed by atoms with van der Waals surface area (Å²) in [6.45, 7) is 4.50. The van der Waals surface area contributed by atoms with Gasteiger partial charge in [0.2, 0.25) is 5.91 Å². The summed E-state index contributed by atoms with van der Waals surface area (Å²) in [5, 5.41) is 13.3. The summed E-state index contributed by atoms with van der Waals surface area (Å²) in [4.78, 5) is 12.4. The van der Waals surface area contributed by atoms with Crippen LogP contribution in [0.3, 0.4) is 0 Å². The highest BCUT2D eigenvalue weighted by Gasteiger charge is 2.26. The van der Waals surface area contributed by atoms with Gasteiger partial charge in [-0.15, -0.1) is 0 Å². The lowest BCUT2D eigenvalue weighted by atomic mass is 10.0. The Morgan fingerprint density at radius 1 is 0.561 bits per heavy atom. The fraction of sp³-hybridized carbons (Fsp3) is 0.971. The molecule has 0 aliphatic carbocycles. The minimum absolute atomic E-state index is 0.245. The van der Waals surface area contributed by atoms with Gasteiger partial charge < -0.3 is 10.4 Å². The van der Waals surface area contributed by atoms with Gasteiger partial charge in [-0.3, -0.25) is 9.35 Å². The third-order valence-corrected chi connectivity index (χ3v) is 9.09. The summed E-state index contributed by atoms with van der Waals surface area (Å²) in [6.07, 6.45) is 31.9. The van der Waals surface area contributed by atoms with Gasteiger partial charge in [-0.2, -0.15) is 8.42 Å². The molecule has 7 heteroatoms. The van der Waals surface area contributed by atoms with E-state index < -0.39 is 28.0 Å². The third-order valence-electron chi connectivity index (χ3n) is 8.31. The Labute approximate surface area is 255 Å². The first-order chi connectivity index (χ1) is 19.8. The topological polar surface area (TPSA) is 104 Å². The standard InChI is InChI=1S/C34H69NO5S/c1-3-5-7-9-11-13-15-17-18-19-21-23-25-27-29-33(36)32(31-41(38,39)40)35-34(37)30-28-26-24-22-20-16-14-12-10-8-6-4-2/h32-33,36H,3-31H2,1-2H3,(H,35,37)(H,38,39,40). The van der Waals surface area contributed by atoms with Crippen LogP contribution in [-0.2, 0) is 14.9 Å². The van der Waals surface area contributed by atoms with E-state index in [1.54, 1.807) is 0 Å². The maximum Gasteiger partial charge on any atom is 0.266 e. The Morgan fingerprint density at radius 2 is 0.878 bits per heavy atom. The minimum Gasteiger partial charge on any atom is -0.391 e. The summed E-state index contributed by atoms with van der Waals surface area (Å²) >= 11 is 0. The van der Waals surface area contributed by atoms with E-state index in [0.717, 1.165) is 38.5 Å². The number of unbranched alkanes of at least 4 members (excludes halogenated alkanes) is 24. The lowest BCUT2D eigenvalue weighted by Gasteiger charge is -2.23. The molecule has 0 heterocycles. The predicted octanol–water partition coefficient (Wildman–Crippen LogP) is 9.68. The fourth-order valence-electron chi connectivity index (χ4n) is 5.63. The highest BCUT2D eigenvalue weighted by atomic mass is 32.2. The summed E-state index contributed by atoms with van der Waals surface area (Å²) < 4.78 is 32.3. The normalized spacial score (nSPS) is 13.4. The molecule has 0 radical (unpaired) electrons. The van der Waals surface area contributed by atoms with Crippen LogP contribution < -0.4 is 5.32 Å². The molecule has 0 aliphatic rings. The van der Waals surface area contributed by atoms with Gasteiger partial charge in [-0.05, 0) is 12.8 Å². The highest BCUT2D eigenvalue weighted by molar-refractivity contribution is 7.85. The predicted molar refractivity (Wildman–Crippen MR) is 175 cm³/mol. The number of amides is 1. The van der Waals surface area contributed by atoms with Crippen molar-refractivity contribution in [2.75, 3.05) is 5.75 Å². The Kier molecular flexibility index (Phi) is 28.9. The molecule has 3 N–H and O–H groups in total. The number of hydrogen-bond acceptors (Lipinski definition) is 4. The molecule has 2 unspecified atom stereocenters. The summed E-state index contributed by atoms with van der Waals surface area (Å²) in [6, 6.07) is -0.961. The number of carbonyl (C=O) groups is 1. The van der Waals surface area contributed by atoms with Crippen molar-refractivity contribution in [1.29, 1.82) is 0 Å². The molecule has 0 aromatic rings. The molecule has 0 bridgehead atoms. The Morgan fingerprint density at radius 3 is 1.22 bits per heavy atom. The molecule has 0 saturated heterocycles. The molecule has 0 aromatic carbocycles. The SMILES string of the molecule is CCCCCCCCCCCCCCCCC(O)C(CS(=O)(=O)O)NC(=O)CCCCCCCCCCCCCC. The van der Waals surface area contributed by atoms with E-state index >= 15 is 0 Å². The van der Waals surface area contributed by atoms with Crippen LogP contribution in [0.1, 0.15) is 194 Å². The zero-order valence-electron chi connectivity index (χ0n) is 27.2. The first kappa shape index (κ1) is 40.3. The van der Waals surface area contributed by atoms with Crippen molar-refractivity contribution in [1.82, 2.24) is 5.32 Å². The van der Waals surface area contributed by atoms with E-state index in [9.17, 15) is 22.9 Å². The Hall–Kier alpha value is -0.660. The molecule has 1 amide bonds. The van der Waals surface area contributed by atoms with E-state index in [0.29, 0.717) is 12.8 Å². The number of nitrogens with one attached hydrogen (secondary N) is 1. The second-order valence-electron chi connectivity index (χ2n) is 12.5. The van der Waals surface area contributed by atoms with Crippen LogP contribution in [0.4, 0.5) is 0 Å². The number of aliphatic hydroxyl groups is 1. The van der Waals surface area contributed by atoms with Gasteiger partial charge in [-0.25, -0.2) is 0 Å². The number of hydrogen-bond donors (Lipinski definition) is 3. The lowest BCUT2D eigenvalue weighted by Crippen LogP contribution is -2.47. The van der Waals surface area contributed by atoms with Gasteiger partial charge in [0.25, 0.3) is 10.1 Å². The fourth-order valence-corrected chi connectivity index (χ4v) is 6.39. The zero-order chi connectivity index (χ0) is 30.4. The van der Waals surface area contributed by atoms with E-state index in [-0.39, 0.29) is 5.91 Å². The molecule has 6 nitrogen and oxygen atoms in total. The number of carbonyl (C=O) groups excluding carboxylic acids is 1. The lowest BCUT2D eigenvalue weighted by molar-refractivity contribution is -0.122. The van der Waals surface area contributed by atoms with Gasteiger partial charge in [0.15, 0.2) is 0 Å². The molecule has 0 saturated carbocycles. The second kappa shape index (κ2) is 29.4. The molecule has 0 spiro atoms. The molecular weight excluding hydrogens is 534 g/mol. The van der Waals surface area contributed by atoms with Crippen LogP contribution in [0.15, 0.2) is 0 Å². The quantitative estimate of drug-likeness (QED) is 0.0524. The highest BCUT2D eigenvalue weighted by Crippen LogP contribution is 2.16. The molecule has 0 fully saturated rings. The van der Waals surface area contributed by atoms with E-state index in [1.807, 2.05) is 0 Å². The molecule has 2 atom stereocenters. The van der Waals surface area contributed by atoms with E-state index in [1.165, 1.54) is 128 Å². The first-order valence-electron chi connectivity index (χ1n) is 17.7. The van der Waals surface area contributed by atoms with E-state index in [2.05, 4.69) is 19.2 Å². The molecule has 0 aliphatic heterocycles. The van der Waals surface area contributed by atoms with Gasteiger partial charge >= 0.3 is 0 Å². The summed E-state index contributed by atoms with van der Waals surface area (Å²) in [5.74, 6) is -0.887. The number of rotatable bonds is 32. The average molecular weight is 604 g/mol. The summed E-state index contributed by atoms with van der Waals surface area (Å²) in [7, 11) is -4.29. The summed E-state index contributed by atoms with van der Waals surface area (Å²) in [5.41, 5.74) is 0. The van der Waals surface area contributed by atoms with Gasteiger partial charge in [0, 0.05) is 6.42 Å². The average Bonchev–Trinajstić information content (AvgIpc) is 2.92. The molecule has 41 heavy (non-hydrogen) atoms. The number of aliphatic hydroxyl groups excluding tert-OH is 1. The monoisotopic (exact) mass is 603 g/mol. The van der Waals surface area contributed by atoms with Crippen LogP contribution >= 0.6 is 0 Å². The van der Waals surface area contributed by atoms with Crippen LogP contribution in [0.5, 0.6) is 0 Å². The maximum atomic E-state index is 12.4. The van der Waals surface area contributed by atoms with Gasteiger partial charge in [0.05, 0.1) is 17.9 Å². The Balaban J connectivity index is 3.91. The van der Waals surface area contributed by atoms with Crippen molar-refractivity contribution in [3.63, 3.8) is 0 Å². The van der Waals surface area contributed by atoms with Gasteiger partial charge in [0.1, 0.15) is 0 Å². The Bertz CT molecular complexity index is 670. The van der Waals surface area contributed by atoms with Crippen molar-refractivity contribution in [3.8, 4) is 0 Å². The maximum absolute atomic E-state index is 12.4. The molecule has 0 rings (SSSR count). The molecular formula is C34H69NO5S. The van der Waals surface area contributed by atoms with Crippen molar-refractivity contribution < 1.29 is 22.9 Å². The van der Waals surface area contributed by atoms with Crippen LogP contribution in [0.2, 0.25) is 0 Å². The van der Waals surface area contributed by atoms with Crippen molar-refractivity contribution in [2.45, 2.75) is 206 Å². The van der Waals surface area contributed by atoms with Crippen molar-refractivity contribution >= 4 is 16.0 Å². The van der Waals surface area contributed by atoms with Crippen LogP contribution in [-0.4, -0.2) is 41.9 Å². The zero-order valence-corrected chi connectivity index (χ0v) is 28.0. The minimum atomic E-state index is -4.29. The first-order valence-corrected chi connectivity index (χ1v) is 19.3. The van der Waals surface area contributed by atoms with Crippen LogP contribution in [0, 0.1) is 0 Å². The van der Waals surface area contributed by atoms with Crippen LogP contribution in [0.25, 0.3) is 0 Å². The second-order valence-corrected chi connectivity index (χ2v) is 14.0. The molecule has 0 aromatic heterocycles. The van der Waals surface area contributed by atoms with Gasteiger partial charge in [-0.1, -0.05) is 174 Å². The smallest absolute Gasteiger partial charge is 0.266 e. The van der Waals surface area contributed by atoms with Crippen molar-refractivity contribution in [2.24, 2.45) is 0 Å². The molecule has 246 valence electrons. The van der Waals surface area contributed by atoms with E-state index in [4.69, 9.17) is 0 Å². The largest absolute Gasteiger partial charge is 0.391 e.